The number of carbonyl (C=O) groups excluding carboxylic acids is 1. The number of likely N-dealkylation sites (N-methyl/N-ethyl adjacent to an activating group) is 1. The van der Waals surface area contributed by atoms with Crippen molar-refractivity contribution in [2.75, 3.05) is 39.8 Å². The van der Waals surface area contributed by atoms with E-state index in [2.05, 4.69) is 20.9 Å². The number of piperazine rings is 1. The molecule has 1 aliphatic heterocycles. The monoisotopic (exact) mass is 214 g/mol. The summed E-state index contributed by atoms with van der Waals surface area (Å²) < 4.78 is 0.979. The van der Waals surface area contributed by atoms with Crippen LogP contribution in [-0.4, -0.2) is 60.6 Å². The number of nitrogens with zero attached hydrogens (tertiary/aromatic N) is 2. The van der Waals surface area contributed by atoms with E-state index in [1.807, 2.05) is 4.90 Å². The number of nitrogens with two attached hydrogens (primary N) is 1. The number of hydrogen-bond acceptors (Lipinski definition) is 2. The minimum atomic E-state index is -0.132. The fourth-order valence-electron chi connectivity index (χ4n) is 2.40. The summed E-state index contributed by atoms with van der Waals surface area (Å²) in [6, 6.07) is 0. The fourth-order valence-corrected chi connectivity index (χ4v) is 2.40. The molecule has 1 fully saturated rings. The highest BCUT2D eigenvalue weighted by atomic mass is 16.2. The Morgan fingerprint density at radius 1 is 1.40 bits per heavy atom. The minimum absolute atomic E-state index is 0.132. The third-order valence-corrected chi connectivity index (χ3v) is 3.05. The Bertz CT molecular complexity index is 237. The number of hydrogen-bond donors (Lipinski definition) is 1. The molecule has 0 spiro atoms. The summed E-state index contributed by atoms with van der Waals surface area (Å²) >= 11 is 0. The standard InChI is InChI=1S/C11H24N3O/c1-10(15)13-5-7-14(4,8-6-13)9-11(2,3)12/h5-9,12H2,1-4H3/q+1. The SMILES string of the molecule is CC(=O)N1CC[N+](C)(CC(C)(C)N)CC1. The van der Waals surface area contributed by atoms with Crippen LogP contribution >= 0.6 is 0 Å². The lowest BCUT2D eigenvalue weighted by Gasteiger charge is -2.44. The molecule has 0 saturated carbocycles. The van der Waals surface area contributed by atoms with Gasteiger partial charge >= 0.3 is 0 Å². The summed E-state index contributed by atoms with van der Waals surface area (Å²) in [6.07, 6.45) is 0. The van der Waals surface area contributed by atoms with Gasteiger partial charge in [-0.2, -0.15) is 0 Å². The van der Waals surface area contributed by atoms with E-state index in [4.69, 9.17) is 5.73 Å². The normalized spacial score (nSPS) is 21.5. The van der Waals surface area contributed by atoms with Gasteiger partial charge in [0.05, 0.1) is 45.3 Å². The minimum Gasteiger partial charge on any atom is -0.332 e. The molecule has 4 nitrogen and oxygen atoms in total. The molecular weight excluding hydrogens is 190 g/mol. The van der Waals surface area contributed by atoms with Gasteiger partial charge < -0.3 is 15.1 Å². The predicted molar refractivity (Wildman–Crippen MR) is 61.3 cm³/mol. The second-order valence-electron chi connectivity index (χ2n) is 5.72. The zero-order valence-corrected chi connectivity index (χ0v) is 10.4. The molecular formula is C11H24N3O+. The van der Waals surface area contributed by atoms with Gasteiger partial charge in [0.1, 0.15) is 0 Å². The van der Waals surface area contributed by atoms with Crippen LogP contribution in [0.25, 0.3) is 0 Å². The molecule has 4 heteroatoms. The first-order valence-corrected chi connectivity index (χ1v) is 5.60. The quantitative estimate of drug-likeness (QED) is 0.659. The van der Waals surface area contributed by atoms with E-state index in [1.165, 1.54) is 0 Å². The third kappa shape index (κ3) is 3.80. The summed E-state index contributed by atoms with van der Waals surface area (Å²) in [4.78, 5) is 13.1. The summed E-state index contributed by atoms with van der Waals surface area (Å²) in [5.41, 5.74) is 5.92. The number of carbonyl (C=O) groups is 1. The lowest BCUT2D eigenvalue weighted by atomic mass is 10.0. The van der Waals surface area contributed by atoms with E-state index in [-0.39, 0.29) is 11.4 Å². The van der Waals surface area contributed by atoms with Crippen LogP contribution in [0, 0.1) is 0 Å². The average Bonchev–Trinajstić information content (AvgIpc) is 2.00. The van der Waals surface area contributed by atoms with Gasteiger partial charge in [-0.25, -0.2) is 0 Å². The maximum absolute atomic E-state index is 11.2. The number of amides is 1. The van der Waals surface area contributed by atoms with E-state index < -0.39 is 0 Å². The lowest BCUT2D eigenvalue weighted by Crippen LogP contribution is -2.63. The number of rotatable bonds is 2. The van der Waals surface area contributed by atoms with Crippen LogP contribution in [-0.2, 0) is 4.79 Å². The Labute approximate surface area is 92.6 Å². The first-order valence-electron chi connectivity index (χ1n) is 5.60. The Morgan fingerprint density at radius 3 is 2.20 bits per heavy atom. The Kier molecular flexibility index (Phi) is 3.41. The van der Waals surface area contributed by atoms with Gasteiger partial charge in [-0.15, -0.1) is 0 Å². The average molecular weight is 214 g/mol. The molecule has 0 aliphatic carbocycles. The maximum atomic E-state index is 11.2. The summed E-state index contributed by atoms with van der Waals surface area (Å²) in [7, 11) is 2.23. The van der Waals surface area contributed by atoms with Crippen molar-refractivity contribution in [3.63, 3.8) is 0 Å². The van der Waals surface area contributed by atoms with Crippen LogP contribution in [0.1, 0.15) is 20.8 Å². The van der Waals surface area contributed by atoms with E-state index in [0.717, 1.165) is 37.2 Å². The van der Waals surface area contributed by atoms with Gasteiger partial charge in [0.15, 0.2) is 0 Å². The molecule has 1 heterocycles. The lowest BCUT2D eigenvalue weighted by molar-refractivity contribution is -0.916. The van der Waals surface area contributed by atoms with Crippen LogP contribution in [0.4, 0.5) is 0 Å². The second kappa shape index (κ2) is 4.10. The van der Waals surface area contributed by atoms with E-state index in [0.29, 0.717) is 0 Å². The fraction of sp³-hybridized carbons (Fsp3) is 0.909. The molecule has 0 aromatic carbocycles. The van der Waals surface area contributed by atoms with Gasteiger partial charge in [-0.3, -0.25) is 4.79 Å². The Hall–Kier alpha value is -0.610. The molecule has 1 saturated heterocycles. The molecule has 1 rings (SSSR count). The van der Waals surface area contributed by atoms with E-state index in [1.54, 1.807) is 6.92 Å². The Morgan fingerprint density at radius 2 is 1.87 bits per heavy atom. The highest BCUT2D eigenvalue weighted by Gasteiger charge is 2.33. The van der Waals surface area contributed by atoms with Gasteiger partial charge in [0.25, 0.3) is 0 Å². The van der Waals surface area contributed by atoms with Crippen molar-refractivity contribution in [2.24, 2.45) is 5.73 Å². The summed E-state index contributed by atoms with van der Waals surface area (Å²) in [6.45, 7) is 10.5. The summed E-state index contributed by atoms with van der Waals surface area (Å²) in [5.74, 6) is 0.188. The summed E-state index contributed by atoms with van der Waals surface area (Å²) in [5, 5.41) is 0. The van der Waals surface area contributed by atoms with E-state index >= 15 is 0 Å². The van der Waals surface area contributed by atoms with Crippen LogP contribution < -0.4 is 5.73 Å². The van der Waals surface area contributed by atoms with Crippen molar-refractivity contribution in [1.29, 1.82) is 0 Å². The highest BCUT2D eigenvalue weighted by Crippen LogP contribution is 2.14. The van der Waals surface area contributed by atoms with Gasteiger partial charge in [-0.05, 0) is 13.8 Å². The zero-order valence-electron chi connectivity index (χ0n) is 10.4. The molecule has 0 aromatic rings. The van der Waals surface area contributed by atoms with Crippen LogP contribution in [0.3, 0.4) is 0 Å². The van der Waals surface area contributed by atoms with Crippen molar-refractivity contribution in [1.82, 2.24) is 4.90 Å². The second-order valence-corrected chi connectivity index (χ2v) is 5.72. The van der Waals surface area contributed by atoms with Gasteiger partial charge in [0.2, 0.25) is 5.91 Å². The topological polar surface area (TPSA) is 46.3 Å². The van der Waals surface area contributed by atoms with Crippen molar-refractivity contribution >= 4 is 5.91 Å². The van der Waals surface area contributed by atoms with Crippen molar-refractivity contribution in [3.05, 3.63) is 0 Å². The van der Waals surface area contributed by atoms with Gasteiger partial charge in [-0.1, -0.05) is 0 Å². The zero-order chi connectivity index (χ0) is 11.7. The molecule has 2 N–H and O–H groups in total. The molecule has 0 bridgehead atoms. The molecule has 0 unspecified atom stereocenters. The Balaban J connectivity index is 2.51. The molecule has 1 amide bonds. The van der Waals surface area contributed by atoms with E-state index in [9.17, 15) is 4.79 Å². The van der Waals surface area contributed by atoms with Crippen molar-refractivity contribution in [2.45, 2.75) is 26.3 Å². The van der Waals surface area contributed by atoms with Crippen molar-refractivity contribution in [3.8, 4) is 0 Å². The molecule has 0 radical (unpaired) electrons. The number of quaternary nitrogens is 1. The van der Waals surface area contributed by atoms with Gasteiger partial charge in [0, 0.05) is 6.92 Å². The molecule has 88 valence electrons. The third-order valence-electron chi connectivity index (χ3n) is 3.05. The van der Waals surface area contributed by atoms with Crippen LogP contribution in [0.15, 0.2) is 0 Å². The van der Waals surface area contributed by atoms with Crippen molar-refractivity contribution < 1.29 is 9.28 Å². The largest absolute Gasteiger partial charge is 0.332 e. The highest BCUT2D eigenvalue weighted by molar-refractivity contribution is 5.73. The molecule has 15 heavy (non-hydrogen) atoms. The first-order chi connectivity index (χ1) is 6.72. The van der Waals surface area contributed by atoms with Crippen LogP contribution in [0.5, 0.6) is 0 Å². The predicted octanol–water partition coefficient (Wildman–Crippen LogP) is 0.0324. The molecule has 0 aromatic heterocycles. The first kappa shape index (κ1) is 12.5. The molecule has 0 atom stereocenters. The maximum Gasteiger partial charge on any atom is 0.219 e. The smallest absolute Gasteiger partial charge is 0.219 e. The van der Waals surface area contributed by atoms with Crippen LogP contribution in [0.2, 0.25) is 0 Å². The molecule has 1 aliphatic rings.